The highest BCUT2D eigenvalue weighted by molar-refractivity contribution is 5.85. The van der Waals surface area contributed by atoms with Gasteiger partial charge in [-0.05, 0) is 54.4 Å². The first-order valence-corrected chi connectivity index (χ1v) is 8.13. The molecule has 2 aromatic rings. The van der Waals surface area contributed by atoms with Crippen LogP contribution in [-0.4, -0.2) is 12.1 Å². The summed E-state index contributed by atoms with van der Waals surface area (Å²) in [5.74, 6) is 0.971. The molecular weight excluding hydrogens is 242 g/mol. The summed E-state index contributed by atoms with van der Waals surface area (Å²) < 4.78 is 0. The molecule has 0 amide bonds. The van der Waals surface area contributed by atoms with Gasteiger partial charge in [0.25, 0.3) is 0 Å². The second-order valence-corrected chi connectivity index (χ2v) is 6.58. The third-order valence-electron chi connectivity index (χ3n) is 5.34. The van der Waals surface area contributed by atoms with Crippen LogP contribution >= 0.6 is 0 Å². The monoisotopic (exact) mass is 265 g/mol. The van der Waals surface area contributed by atoms with E-state index in [2.05, 4.69) is 47.8 Å². The molecule has 2 fully saturated rings. The molecule has 4 rings (SSSR count). The van der Waals surface area contributed by atoms with Crippen molar-refractivity contribution in [3.63, 3.8) is 0 Å². The Morgan fingerprint density at radius 2 is 1.80 bits per heavy atom. The van der Waals surface area contributed by atoms with Crippen LogP contribution in [0.3, 0.4) is 0 Å². The Bertz CT molecular complexity index is 598. The predicted octanol–water partition coefficient (Wildman–Crippen LogP) is 4.30. The van der Waals surface area contributed by atoms with Crippen molar-refractivity contribution in [1.29, 1.82) is 0 Å². The molecule has 3 atom stereocenters. The Morgan fingerprint density at radius 3 is 2.80 bits per heavy atom. The number of fused-ring (bicyclic) bond motifs is 2. The number of benzene rings is 2. The van der Waals surface area contributed by atoms with Gasteiger partial charge in [-0.25, -0.2) is 0 Å². The molecule has 1 N–H and O–H groups in total. The smallest absolute Gasteiger partial charge is 0.0110 e. The molecule has 1 nitrogen and oxygen atoms in total. The van der Waals surface area contributed by atoms with Gasteiger partial charge >= 0.3 is 0 Å². The number of piperidine rings is 1. The number of hydrogen-bond donors (Lipinski definition) is 1. The number of rotatable bonds is 2. The fourth-order valence-electron chi connectivity index (χ4n) is 4.30. The average molecular weight is 265 g/mol. The van der Waals surface area contributed by atoms with Gasteiger partial charge in [-0.15, -0.1) is 0 Å². The Kier molecular flexibility index (Phi) is 3.23. The minimum absolute atomic E-state index is 0.681. The van der Waals surface area contributed by atoms with Crippen molar-refractivity contribution in [1.82, 2.24) is 5.32 Å². The predicted molar refractivity (Wildman–Crippen MR) is 84.9 cm³/mol. The van der Waals surface area contributed by atoms with E-state index < -0.39 is 0 Å². The van der Waals surface area contributed by atoms with E-state index in [4.69, 9.17) is 0 Å². The summed E-state index contributed by atoms with van der Waals surface area (Å²) in [5.41, 5.74) is 1.51. The van der Waals surface area contributed by atoms with Gasteiger partial charge < -0.3 is 5.32 Å². The molecule has 2 aromatic carbocycles. The van der Waals surface area contributed by atoms with Crippen LogP contribution in [0, 0.1) is 5.92 Å². The largest absolute Gasteiger partial charge is 0.311 e. The Hall–Kier alpha value is -1.34. The molecular formula is C19H23N. The summed E-state index contributed by atoms with van der Waals surface area (Å²) >= 11 is 0. The van der Waals surface area contributed by atoms with Gasteiger partial charge in [0.2, 0.25) is 0 Å². The van der Waals surface area contributed by atoms with Crippen LogP contribution in [0.25, 0.3) is 10.8 Å². The molecule has 0 spiro atoms. The second-order valence-electron chi connectivity index (χ2n) is 6.58. The normalized spacial score (nSPS) is 29.5. The lowest BCUT2D eigenvalue weighted by atomic mass is 9.86. The summed E-state index contributed by atoms with van der Waals surface area (Å²) in [5, 5.41) is 6.74. The summed E-state index contributed by atoms with van der Waals surface area (Å²) in [6.45, 7) is 0. The molecule has 0 bridgehead atoms. The highest BCUT2D eigenvalue weighted by Crippen LogP contribution is 2.34. The van der Waals surface area contributed by atoms with Crippen molar-refractivity contribution < 1.29 is 0 Å². The zero-order chi connectivity index (χ0) is 13.4. The van der Waals surface area contributed by atoms with Gasteiger partial charge in [0.1, 0.15) is 0 Å². The fraction of sp³-hybridized carbons (Fsp3) is 0.474. The molecule has 1 aliphatic heterocycles. The Labute approximate surface area is 121 Å². The lowest BCUT2D eigenvalue weighted by molar-refractivity contribution is 0.258. The first kappa shape index (κ1) is 12.4. The molecule has 20 heavy (non-hydrogen) atoms. The van der Waals surface area contributed by atoms with Crippen LogP contribution in [0.5, 0.6) is 0 Å². The van der Waals surface area contributed by atoms with Crippen LogP contribution in [0.4, 0.5) is 0 Å². The first-order valence-electron chi connectivity index (χ1n) is 8.13. The topological polar surface area (TPSA) is 12.0 Å². The lowest BCUT2D eigenvalue weighted by Gasteiger charge is -2.34. The van der Waals surface area contributed by atoms with Gasteiger partial charge in [0.15, 0.2) is 0 Å². The van der Waals surface area contributed by atoms with E-state index in [-0.39, 0.29) is 0 Å². The highest BCUT2D eigenvalue weighted by Gasteiger charge is 2.33. The zero-order valence-corrected chi connectivity index (χ0v) is 12.0. The van der Waals surface area contributed by atoms with Crippen molar-refractivity contribution >= 4 is 10.8 Å². The fourth-order valence-corrected chi connectivity index (χ4v) is 4.30. The summed E-state index contributed by atoms with van der Waals surface area (Å²) in [6, 6.07) is 17.0. The lowest BCUT2D eigenvalue weighted by Crippen LogP contribution is -2.46. The van der Waals surface area contributed by atoms with Crippen molar-refractivity contribution in [3.8, 4) is 0 Å². The molecule has 0 radical (unpaired) electrons. The van der Waals surface area contributed by atoms with Crippen molar-refractivity contribution in [2.45, 2.75) is 50.6 Å². The standard InChI is InChI=1S/C19H23N/c1-2-9-18-14(5-1)6-3-8-16(18)13-17-12-11-15-7-4-10-19(15)20-17/h1-3,5-6,8-9,15,17,19-20H,4,7,10-13H2. The van der Waals surface area contributed by atoms with Gasteiger partial charge in [-0.3, -0.25) is 0 Å². The quantitative estimate of drug-likeness (QED) is 0.853. The molecule has 2 aliphatic rings. The van der Waals surface area contributed by atoms with E-state index in [0.29, 0.717) is 6.04 Å². The molecule has 3 unspecified atom stereocenters. The van der Waals surface area contributed by atoms with Crippen LogP contribution < -0.4 is 5.32 Å². The minimum Gasteiger partial charge on any atom is -0.311 e. The zero-order valence-electron chi connectivity index (χ0n) is 12.0. The summed E-state index contributed by atoms with van der Waals surface area (Å²) in [6.07, 6.45) is 8.26. The van der Waals surface area contributed by atoms with Gasteiger partial charge in [0, 0.05) is 12.1 Å². The van der Waals surface area contributed by atoms with Crippen LogP contribution in [-0.2, 0) is 6.42 Å². The highest BCUT2D eigenvalue weighted by atomic mass is 15.0. The van der Waals surface area contributed by atoms with Crippen LogP contribution in [0.2, 0.25) is 0 Å². The van der Waals surface area contributed by atoms with Crippen molar-refractivity contribution in [2.75, 3.05) is 0 Å². The SMILES string of the molecule is c1ccc2c(CC3CCC4CCCC4N3)cccc2c1. The Morgan fingerprint density at radius 1 is 0.900 bits per heavy atom. The molecule has 1 heteroatoms. The number of hydrogen-bond acceptors (Lipinski definition) is 1. The first-order chi connectivity index (χ1) is 9.90. The maximum Gasteiger partial charge on any atom is 0.0110 e. The second kappa shape index (κ2) is 5.21. The average Bonchev–Trinajstić information content (AvgIpc) is 2.95. The van der Waals surface area contributed by atoms with Crippen molar-refractivity contribution in [2.24, 2.45) is 5.92 Å². The minimum atomic E-state index is 0.681. The van der Waals surface area contributed by atoms with E-state index in [1.54, 1.807) is 0 Å². The molecule has 1 saturated heterocycles. The maximum atomic E-state index is 3.93. The molecule has 0 aromatic heterocycles. The third-order valence-corrected chi connectivity index (χ3v) is 5.34. The van der Waals surface area contributed by atoms with E-state index in [1.165, 1.54) is 54.9 Å². The van der Waals surface area contributed by atoms with Crippen molar-refractivity contribution in [3.05, 3.63) is 48.0 Å². The van der Waals surface area contributed by atoms with Gasteiger partial charge in [-0.2, -0.15) is 0 Å². The summed E-state index contributed by atoms with van der Waals surface area (Å²) in [7, 11) is 0. The van der Waals surface area contributed by atoms with Crippen LogP contribution in [0.1, 0.15) is 37.7 Å². The van der Waals surface area contributed by atoms with E-state index >= 15 is 0 Å². The molecule has 1 saturated carbocycles. The maximum absolute atomic E-state index is 3.93. The third kappa shape index (κ3) is 2.25. The van der Waals surface area contributed by atoms with Gasteiger partial charge in [-0.1, -0.05) is 48.9 Å². The van der Waals surface area contributed by atoms with E-state index in [9.17, 15) is 0 Å². The van der Waals surface area contributed by atoms with E-state index in [1.807, 2.05) is 0 Å². The van der Waals surface area contributed by atoms with E-state index in [0.717, 1.165) is 12.0 Å². The number of nitrogens with one attached hydrogen (secondary N) is 1. The Balaban J connectivity index is 1.56. The molecule has 1 heterocycles. The van der Waals surface area contributed by atoms with Crippen LogP contribution in [0.15, 0.2) is 42.5 Å². The molecule has 104 valence electrons. The summed E-state index contributed by atoms with van der Waals surface area (Å²) in [4.78, 5) is 0. The molecule has 1 aliphatic carbocycles. The van der Waals surface area contributed by atoms with Gasteiger partial charge in [0.05, 0.1) is 0 Å².